The highest BCUT2D eigenvalue weighted by molar-refractivity contribution is 5.90. The Labute approximate surface area is 140 Å². The minimum absolute atomic E-state index is 0.110. The van der Waals surface area contributed by atoms with Crippen LogP contribution in [-0.2, 0) is 11.2 Å². The molecule has 0 saturated heterocycles. The van der Waals surface area contributed by atoms with Gasteiger partial charge in [0.2, 0.25) is 5.91 Å². The minimum Gasteiger partial charge on any atom is -0.507 e. The van der Waals surface area contributed by atoms with E-state index in [0.717, 1.165) is 16.3 Å². The normalized spacial score (nSPS) is 10.3. The maximum absolute atomic E-state index is 12.2. The molecule has 3 aromatic carbocycles. The largest absolute Gasteiger partial charge is 0.507 e. The molecule has 0 aliphatic rings. The molecular formula is C20H18N2O2. The molecule has 0 spiro atoms. The number of rotatable bonds is 5. The number of hydrogen-bond donors (Lipinski definition) is 3. The Hall–Kier alpha value is -3.27. The van der Waals surface area contributed by atoms with E-state index >= 15 is 0 Å². The number of fused-ring (bicyclic) bond motifs is 1. The predicted octanol–water partition coefficient (Wildman–Crippen LogP) is 3.38. The summed E-state index contributed by atoms with van der Waals surface area (Å²) in [6.07, 6.45) is 0.252. The second-order valence-corrected chi connectivity index (χ2v) is 5.48. The van der Waals surface area contributed by atoms with E-state index in [2.05, 4.69) is 17.4 Å². The third kappa shape index (κ3) is 3.38. The molecule has 3 rings (SSSR count). The molecule has 0 bridgehead atoms. The zero-order valence-corrected chi connectivity index (χ0v) is 13.1. The maximum atomic E-state index is 12.2. The lowest BCUT2D eigenvalue weighted by molar-refractivity contribution is -0.121. The molecule has 3 aromatic rings. The van der Waals surface area contributed by atoms with Gasteiger partial charge in [0, 0.05) is 5.56 Å². The molecule has 0 heterocycles. The Kier molecular flexibility index (Phi) is 4.47. The molecule has 4 nitrogen and oxygen atoms in total. The van der Waals surface area contributed by atoms with E-state index < -0.39 is 0 Å². The Morgan fingerprint density at radius 1 is 0.917 bits per heavy atom. The van der Waals surface area contributed by atoms with Crippen molar-refractivity contribution in [2.75, 3.05) is 0 Å². The average molecular weight is 318 g/mol. The van der Waals surface area contributed by atoms with E-state index in [1.54, 1.807) is 24.3 Å². The molecule has 0 saturated carbocycles. The van der Waals surface area contributed by atoms with Crippen molar-refractivity contribution in [1.82, 2.24) is 10.9 Å². The van der Waals surface area contributed by atoms with E-state index in [1.165, 1.54) is 0 Å². The van der Waals surface area contributed by atoms with Gasteiger partial charge in [-0.15, -0.1) is 0 Å². The maximum Gasteiger partial charge on any atom is 0.242 e. The van der Waals surface area contributed by atoms with Gasteiger partial charge in [-0.2, -0.15) is 0 Å². The number of phenolic OH excluding ortho intramolecular Hbond substituents is 1. The number of aromatic hydroxyl groups is 1. The number of para-hydroxylation sites is 1. The summed E-state index contributed by atoms with van der Waals surface area (Å²) in [5, 5.41) is 12.0. The number of carbonyl (C=O) groups is 1. The van der Waals surface area contributed by atoms with Crippen LogP contribution >= 0.6 is 0 Å². The first-order valence-electron chi connectivity index (χ1n) is 7.64. The molecule has 120 valence electrons. The van der Waals surface area contributed by atoms with Gasteiger partial charge in [0.1, 0.15) is 5.75 Å². The van der Waals surface area contributed by atoms with Crippen molar-refractivity contribution in [3.8, 4) is 5.75 Å². The highest BCUT2D eigenvalue weighted by Gasteiger charge is 2.08. The molecule has 0 radical (unpaired) electrons. The van der Waals surface area contributed by atoms with Crippen LogP contribution < -0.4 is 10.9 Å². The number of amides is 1. The van der Waals surface area contributed by atoms with Crippen LogP contribution in [0.25, 0.3) is 16.5 Å². The SMILES string of the molecule is C=C(NNC(=O)Cc1cccc2ccccc12)c1ccccc1O. The summed E-state index contributed by atoms with van der Waals surface area (Å²) < 4.78 is 0. The Balaban J connectivity index is 1.66. The number of hydrogen-bond acceptors (Lipinski definition) is 3. The summed E-state index contributed by atoms with van der Waals surface area (Å²) in [5.74, 6) is -0.0683. The van der Waals surface area contributed by atoms with E-state index in [4.69, 9.17) is 0 Å². The van der Waals surface area contributed by atoms with Crippen molar-refractivity contribution >= 4 is 22.4 Å². The van der Waals surface area contributed by atoms with Crippen LogP contribution in [0.4, 0.5) is 0 Å². The third-order valence-corrected chi connectivity index (χ3v) is 3.81. The molecule has 0 aromatic heterocycles. The molecule has 0 unspecified atom stereocenters. The van der Waals surface area contributed by atoms with Gasteiger partial charge in [-0.05, 0) is 28.5 Å². The Morgan fingerprint density at radius 3 is 2.46 bits per heavy atom. The van der Waals surface area contributed by atoms with Gasteiger partial charge in [-0.25, -0.2) is 0 Å². The van der Waals surface area contributed by atoms with Crippen molar-refractivity contribution in [3.63, 3.8) is 0 Å². The molecule has 24 heavy (non-hydrogen) atoms. The minimum atomic E-state index is -0.178. The van der Waals surface area contributed by atoms with E-state index in [9.17, 15) is 9.90 Å². The Morgan fingerprint density at radius 2 is 1.62 bits per heavy atom. The standard InChI is InChI=1S/C20H18N2O2/c1-14(17-10-4-5-12-19(17)23)21-22-20(24)13-16-9-6-8-15-7-2-3-11-18(15)16/h2-12,21,23H,1,13H2,(H,22,24). The van der Waals surface area contributed by atoms with Crippen molar-refractivity contribution in [2.45, 2.75) is 6.42 Å². The fourth-order valence-electron chi connectivity index (χ4n) is 2.61. The first-order valence-corrected chi connectivity index (χ1v) is 7.64. The molecular weight excluding hydrogens is 300 g/mol. The van der Waals surface area contributed by atoms with Gasteiger partial charge in [0.15, 0.2) is 0 Å². The lowest BCUT2D eigenvalue weighted by Gasteiger charge is -2.13. The summed E-state index contributed by atoms with van der Waals surface area (Å²) in [6, 6.07) is 20.7. The van der Waals surface area contributed by atoms with Crippen LogP contribution in [0.15, 0.2) is 73.3 Å². The number of nitrogens with one attached hydrogen (secondary N) is 2. The second-order valence-electron chi connectivity index (χ2n) is 5.48. The van der Waals surface area contributed by atoms with E-state index in [-0.39, 0.29) is 18.1 Å². The quantitative estimate of drug-likeness (QED) is 0.632. The fourth-order valence-corrected chi connectivity index (χ4v) is 2.61. The lowest BCUT2D eigenvalue weighted by atomic mass is 10.0. The number of carbonyl (C=O) groups excluding carboxylic acids is 1. The van der Waals surface area contributed by atoms with Crippen LogP contribution in [0.1, 0.15) is 11.1 Å². The number of phenols is 1. The van der Waals surface area contributed by atoms with Crippen LogP contribution in [-0.4, -0.2) is 11.0 Å². The molecule has 0 aliphatic carbocycles. The third-order valence-electron chi connectivity index (χ3n) is 3.81. The summed E-state index contributed by atoms with van der Waals surface area (Å²) in [4.78, 5) is 12.2. The summed E-state index contributed by atoms with van der Waals surface area (Å²) in [7, 11) is 0. The predicted molar refractivity (Wildman–Crippen MR) is 96.1 cm³/mol. The zero-order valence-electron chi connectivity index (χ0n) is 13.1. The van der Waals surface area contributed by atoms with Crippen molar-refractivity contribution in [3.05, 3.63) is 84.4 Å². The lowest BCUT2D eigenvalue weighted by Crippen LogP contribution is -2.36. The summed E-state index contributed by atoms with van der Waals surface area (Å²) >= 11 is 0. The number of benzene rings is 3. The monoisotopic (exact) mass is 318 g/mol. The Bertz CT molecular complexity index is 898. The molecule has 0 fully saturated rings. The van der Waals surface area contributed by atoms with Crippen LogP contribution in [0.3, 0.4) is 0 Å². The highest BCUT2D eigenvalue weighted by atomic mass is 16.3. The second kappa shape index (κ2) is 6.87. The zero-order chi connectivity index (χ0) is 16.9. The average Bonchev–Trinajstić information content (AvgIpc) is 2.60. The highest BCUT2D eigenvalue weighted by Crippen LogP contribution is 2.21. The molecule has 0 aliphatic heterocycles. The van der Waals surface area contributed by atoms with Crippen LogP contribution in [0.2, 0.25) is 0 Å². The van der Waals surface area contributed by atoms with Crippen molar-refractivity contribution < 1.29 is 9.90 Å². The first kappa shape index (κ1) is 15.6. The smallest absolute Gasteiger partial charge is 0.242 e. The van der Waals surface area contributed by atoms with Gasteiger partial charge < -0.3 is 5.11 Å². The van der Waals surface area contributed by atoms with Crippen molar-refractivity contribution in [2.24, 2.45) is 0 Å². The van der Waals surface area contributed by atoms with Gasteiger partial charge in [0.25, 0.3) is 0 Å². The number of hydrazine groups is 1. The van der Waals surface area contributed by atoms with Gasteiger partial charge in [-0.1, -0.05) is 61.2 Å². The van der Waals surface area contributed by atoms with Crippen LogP contribution in [0, 0.1) is 0 Å². The first-order chi connectivity index (χ1) is 11.6. The van der Waals surface area contributed by atoms with Crippen LogP contribution in [0.5, 0.6) is 5.75 Å². The molecule has 4 heteroatoms. The van der Waals surface area contributed by atoms with Gasteiger partial charge in [0.05, 0.1) is 12.1 Å². The summed E-state index contributed by atoms with van der Waals surface area (Å²) in [6.45, 7) is 3.83. The van der Waals surface area contributed by atoms with Crippen molar-refractivity contribution in [1.29, 1.82) is 0 Å². The van der Waals surface area contributed by atoms with Gasteiger partial charge in [-0.3, -0.25) is 15.6 Å². The fraction of sp³-hybridized carbons (Fsp3) is 0.0500. The topological polar surface area (TPSA) is 61.4 Å². The molecule has 0 atom stereocenters. The van der Waals surface area contributed by atoms with E-state index in [1.807, 2.05) is 42.5 Å². The molecule has 1 amide bonds. The molecule has 3 N–H and O–H groups in total. The van der Waals surface area contributed by atoms with Gasteiger partial charge >= 0.3 is 0 Å². The van der Waals surface area contributed by atoms with E-state index in [0.29, 0.717) is 11.3 Å². The summed E-state index contributed by atoms with van der Waals surface area (Å²) in [5.41, 5.74) is 7.31.